The van der Waals surface area contributed by atoms with E-state index in [1.54, 1.807) is 6.92 Å². The molecule has 0 aromatic rings. The minimum atomic E-state index is -0.163. The molecule has 4 heteroatoms. The van der Waals surface area contributed by atoms with Crippen LogP contribution in [0.5, 0.6) is 0 Å². The number of esters is 2. The first-order valence-electron chi connectivity index (χ1n) is 25.1. The summed E-state index contributed by atoms with van der Waals surface area (Å²) in [6.07, 6.45) is 51.1. The quantitative estimate of drug-likeness (QED) is 0.0469. The number of hydrogen-bond acceptors (Lipinski definition) is 4. The van der Waals surface area contributed by atoms with Gasteiger partial charge in [0.1, 0.15) is 13.2 Å². The third-order valence-electron chi connectivity index (χ3n) is 12.6. The van der Waals surface area contributed by atoms with Crippen LogP contribution in [0.25, 0.3) is 0 Å². The smallest absolute Gasteiger partial charge is 0.306 e. The monoisotopic (exact) mass is 867 g/mol. The van der Waals surface area contributed by atoms with Crippen LogP contribution in [0.1, 0.15) is 218 Å². The van der Waals surface area contributed by atoms with Crippen molar-refractivity contribution in [3.63, 3.8) is 0 Å². The lowest BCUT2D eigenvalue weighted by molar-refractivity contribution is -0.143. The van der Waals surface area contributed by atoms with Crippen molar-refractivity contribution < 1.29 is 19.1 Å². The highest BCUT2D eigenvalue weighted by Gasteiger charge is 2.27. The van der Waals surface area contributed by atoms with E-state index in [9.17, 15) is 9.59 Å². The normalized spacial score (nSPS) is 17.7. The first-order chi connectivity index (χ1) is 30.0. The van der Waals surface area contributed by atoms with Gasteiger partial charge in [-0.1, -0.05) is 213 Å². The van der Waals surface area contributed by atoms with Gasteiger partial charge < -0.3 is 9.47 Å². The lowest BCUT2D eigenvalue weighted by Crippen LogP contribution is -2.19. The Morgan fingerprint density at radius 3 is 1.29 bits per heavy atom. The molecule has 0 radical (unpaired) electrons. The Kier molecular flexibility index (Phi) is 30.8. The average Bonchev–Trinajstić information content (AvgIpc) is 3.21. The Morgan fingerprint density at radius 1 is 0.524 bits per heavy atom. The molecule has 0 fully saturated rings. The topological polar surface area (TPSA) is 52.6 Å². The van der Waals surface area contributed by atoms with Crippen LogP contribution in [-0.4, -0.2) is 25.2 Å². The van der Waals surface area contributed by atoms with Gasteiger partial charge in [-0.25, -0.2) is 0 Å². The summed E-state index contributed by atoms with van der Waals surface area (Å²) in [6.45, 7) is 27.0. The third kappa shape index (κ3) is 28.0. The molecule has 2 aliphatic carbocycles. The van der Waals surface area contributed by atoms with Gasteiger partial charge in [0.15, 0.2) is 0 Å². The Hall–Kier alpha value is -3.66. The number of hydrogen-bond donors (Lipinski definition) is 0. The second kappa shape index (κ2) is 33.8. The van der Waals surface area contributed by atoms with E-state index in [1.807, 2.05) is 31.2 Å². The van der Waals surface area contributed by atoms with Crippen molar-refractivity contribution in [2.24, 2.45) is 10.8 Å². The van der Waals surface area contributed by atoms with Crippen molar-refractivity contribution in [3.8, 4) is 0 Å². The third-order valence-corrected chi connectivity index (χ3v) is 12.6. The minimum absolute atomic E-state index is 0.0720. The molecule has 0 N–H and O–H groups in total. The number of allylic oxidation sites excluding steroid dienone is 18. The van der Waals surface area contributed by atoms with Crippen LogP contribution < -0.4 is 0 Å². The fourth-order valence-electron chi connectivity index (χ4n) is 8.39. The molecular weight excluding hydrogens is 773 g/mol. The first-order valence-corrected chi connectivity index (χ1v) is 25.1. The van der Waals surface area contributed by atoms with Crippen LogP contribution in [0.3, 0.4) is 0 Å². The summed E-state index contributed by atoms with van der Waals surface area (Å²) < 4.78 is 10.4. The van der Waals surface area contributed by atoms with Gasteiger partial charge in [-0.3, -0.25) is 9.59 Å². The number of carbonyl (C=O) groups excluding carboxylic acids is 2. The maximum Gasteiger partial charge on any atom is 0.306 e. The molecule has 0 aromatic carbocycles. The molecule has 0 aliphatic heterocycles. The second-order valence-electron chi connectivity index (χ2n) is 19.7. The molecule has 2 aliphatic rings. The fourth-order valence-corrected chi connectivity index (χ4v) is 8.39. The van der Waals surface area contributed by atoms with Gasteiger partial charge in [-0.05, 0) is 121 Å². The van der Waals surface area contributed by atoms with Gasteiger partial charge in [0, 0.05) is 12.8 Å². The summed E-state index contributed by atoms with van der Waals surface area (Å²) in [5, 5.41) is 0. The van der Waals surface area contributed by atoms with Crippen LogP contribution in [0, 0.1) is 10.8 Å². The van der Waals surface area contributed by atoms with Crippen molar-refractivity contribution in [3.05, 3.63) is 117 Å². The first kappa shape index (κ1) is 57.4. The van der Waals surface area contributed by atoms with E-state index in [2.05, 4.69) is 118 Å². The Labute approximate surface area is 389 Å². The van der Waals surface area contributed by atoms with E-state index < -0.39 is 0 Å². The zero-order valence-corrected chi connectivity index (χ0v) is 42.8. The van der Waals surface area contributed by atoms with Crippen molar-refractivity contribution in [1.82, 2.24) is 0 Å². The summed E-state index contributed by atoms with van der Waals surface area (Å²) in [5.41, 5.74) is 11.3. The molecule has 0 aromatic heterocycles. The van der Waals surface area contributed by atoms with Gasteiger partial charge >= 0.3 is 11.9 Å². The maximum atomic E-state index is 12.0. The highest BCUT2D eigenvalue weighted by molar-refractivity contribution is 5.69. The van der Waals surface area contributed by atoms with Crippen LogP contribution >= 0.6 is 0 Å². The Morgan fingerprint density at radius 2 is 0.905 bits per heavy atom. The summed E-state index contributed by atoms with van der Waals surface area (Å²) in [7, 11) is 0. The summed E-state index contributed by atoms with van der Waals surface area (Å²) in [5.74, 6) is -0.235. The SMILES string of the molecule is CCC(=O)OCC=C(C)C=CC=C(C)C=CC1=C(C)CCCC1(C)C.CCCCCCCCCCCCCCCC(=O)OCC=C(C)C=CC=C(C)C=CC1=C(C)CCCC1(C)C. The molecule has 0 saturated heterocycles. The highest BCUT2D eigenvalue weighted by Crippen LogP contribution is 2.42. The molecular formula is C59H94O4. The minimum Gasteiger partial charge on any atom is -0.461 e. The second-order valence-corrected chi connectivity index (χ2v) is 19.7. The molecule has 0 unspecified atom stereocenters. The highest BCUT2D eigenvalue weighted by atomic mass is 16.5. The van der Waals surface area contributed by atoms with Crippen molar-refractivity contribution in [2.75, 3.05) is 13.2 Å². The molecule has 0 heterocycles. The number of rotatable bonds is 27. The Balaban J connectivity index is 0.000000686. The van der Waals surface area contributed by atoms with E-state index >= 15 is 0 Å². The standard InChI is InChI=1S/C36H60O2.C23H34O2/c1-7-8-9-10-11-12-13-14-15-16-17-18-19-25-35(37)38-30-28-32(3)23-20-22-31(2)26-27-34-33(4)24-21-29-36(34,5)6;1-7-22(24)25-17-15-19(3)11-8-10-18(2)13-14-21-20(4)12-9-16-23(21,5)6/h20,22-23,26-28H,7-19,21,24-25,29-30H2,1-6H3;8,10-11,13-15H,7,9,12,16-17H2,1-6H3. The summed E-state index contributed by atoms with van der Waals surface area (Å²) in [6, 6.07) is 0. The van der Waals surface area contributed by atoms with E-state index in [4.69, 9.17) is 9.47 Å². The molecule has 4 nitrogen and oxygen atoms in total. The summed E-state index contributed by atoms with van der Waals surface area (Å²) in [4.78, 5) is 23.1. The lowest BCUT2D eigenvalue weighted by atomic mass is 9.72. The molecule has 0 saturated carbocycles. The van der Waals surface area contributed by atoms with Gasteiger partial charge in [-0.15, -0.1) is 0 Å². The zero-order valence-electron chi connectivity index (χ0n) is 42.8. The van der Waals surface area contributed by atoms with Crippen LogP contribution in [0.2, 0.25) is 0 Å². The van der Waals surface area contributed by atoms with Crippen LogP contribution in [0.4, 0.5) is 0 Å². The molecule has 2 rings (SSSR count). The number of carbonyl (C=O) groups is 2. The van der Waals surface area contributed by atoms with Crippen molar-refractivity contribution >= 4 is 11.9 Å². The molecule has 354 valence electrons. The molecule has 0 bridgehead atoms. The van der Waals surface area contributed by atoms with Gasteiger partial charge in [0.2, 0.25) is 0 Å². The Bertz CT molecular complexity index is 1660. The van der Waals surface area contributed by atoms with Gasteiger partial charge in [0.25, 0.3) is 0 Å². The fraction of sp³-hybridized carbons (Fsp3) is 0.627. The maximum absolute atomic E-state index is 12.0. The van der Waals surface area contributed by atoms with Crippen LogP contribution in [-0.2, 0) is 19.1 Å². The van der Waals surface area contributed by atoms with E-state index in [0.29, 0.717) is 26.1 Å². The lowest BCUT2D eigenvalue weighted by Gasteiger charge is -2.33. The largest absolute Gasteiger partial charge is 0.461 e. The summed E-state index contributed by atoms with van der Waals surface area (Å²) >= 11 is 0. The van der Waals surface area contributed by atoms with E-state index in [0.717, 1.165) is 24.0 Å². The van der Waals surface area contributed by atoms with Gasteiger partial charge in [0.05, 0.1) is 0 Å². The van der Waals surface area contributed by atoms with Crippen molar-refractivity contribution in [1.29, 1.82) is 0 Å². The zero-order chi connectivity index (χ0) is 46.9. The molecule has 0 spiro atoms. The van der Waals surface area contributed by atoms with Crippen LogP contribution in [0.15, 0.2) is 117 Å². The van der Waals surface area contributed by atoms with E-state index in [-0.39, 0.29) is 22.8 Å². The van der Waals surface area contributed by atoms with Gasteiger partial charge in [-0.2, -0.15) is 0 Å². The molecule has 63 heavy (non-hydrogen) atoms. The molecule has 0 atom stereocenters. The van der Waals surface area contributed by atoms with Crippen molar-refractivity contribution in [2.45, 2.75) is 218 Å². The van der Waals surface area contributed by atoms with E-state index in [1.165, 1.54) is 143 Å². The number of unbranched alkanes of at least 4 members (excludes halogenated alkanes) is 12. The predicted octanol–water partition coefficient (Wildman–Crippen LogP) is 18.0. The average molecular weight is 867 g/mol. The molecule has 0 amide bonds. The number of ether oxygens (including phenoxy) is 2. The predicted molar refractivity (Wildman–Crippen MR) is 275 cm³/mol.